The van der Waals surface area contributed by atoms with Gasteiger partial charge in [0.2, 0.25) is 0 Å². The Bertz CT molecular complexity index is 1360. The van der Waals surface area contributed by atoms with E-state index in [0.717, 1.165) is 5.76 Å². The normalized spacial score (nSPS) is 20.2. The molecule has 1 nitrogen and oxygen atoms in total. The second-order valence-electron chi connectivity index (χ2n) is 11.8. The molecule has 2 aliphatic heterocycles. The number of allylic oxidation sites excluding steroid dienone is 2. The molecule has 0 amide bonds. The SMILES string of the molecule is CC1=C2c3cc(C)oc3C1[Si]2(C)C.CC1=Cc2c(-c3ccc(C(C)(C)C)cc3)cccc2[CH]1[Zr+2].[Cl-].[Cl-]. The maximum atomic E-state index is 5.78. The standard InChI is InChI=1S/C20H21.C11H14OSi.2ClH.Zr/c1-14-12-16-6-5-7-18(19(16)13-14)15-8-10-17(11-9-15)20(2,3)4;1-6-5-8-9(12-6)11-7(2)10(8)13(11,3)4;;;/h5-13H,1-4H3;5,11H,1-4H3;2*1H;/q;;;;+2/p-2. The van der Waals surface area contributed by atoms with Crippen molar-refractivity contribution in [1.82, 2.24) is 0 Å². The molecule has 7 rings (SSSR count). The third-order valence-corrected chi connectivity index (χ3v) is 13.9. The maximum Gasteiger partial charge on any atom is -1.00 e. The van der Waals surface area contributed by atoms with Gasteiger partial charge in [-0.05, 0) is 25.1 Å². The number of furan rings is 1. The zero-order valence-electron chi connectivity index (χ0n) is 22.5. The van der Waals surface area contributed by atoms with Crippen LogP contribution >= 0.6 is 0 Å². The van der Waals surface area contributed by atoms with Gasteiger partial charge < -0.3 is 29.2 Å². The number of rotatable bonds is 1. The summed E-state index contributed by atoms with van der Waals surface area (Å²) in [5.74, 6) is 2.35. The Labute approximate surface area is 245 Å². The predicted molar refractivity (Wildman–Crippen MR) is 143 cm³/mol. The van der Waals surface area contributed by atoms with Crippen molar-refractivity contribution in [2.75, 3.05) is 0 Å². The summed E-state index contributed by atoms with van der Waals surface area (Å²) in [4.78, 5) is 0. The van der Waals surface area contributed by atoms with Gasteiger partial charge in [-0.1, -0.05) is 18.7 Å². The van der Waals surface area contributed by atoms with Crippen molar-refractivity contribution in [1.29, 1.82) is 0 Å². The first-order chi connectivity index (χ1) is 15.9. The number of hydrogen-bond donors (Lipinski definition) is 0. The first-order valence-corrected chi connectivity index (χ1v) is 16.9. The van der Waals surface area contributed by atoms with Gasteiger partial charge in [0.25, 0.3) is 0 Å². The Balaban J connectivity index is 0.000000208. The fourth-order valence-corrected chi connectivity index (χ4v) is 11.3. The van der Waals surface area contributed by atoms with Gasteiger partial charge in [0.1, 0.15) is 11.5 Å². The minimum atomic E-state index is -1.10. The Morgan fingerprint density at radius 2 is 1.53 bits per heavy atom. The second kappa shape index (κ2) is 10.2. The van der Waals surface area contributed by atoms with Gasteiger partial charge in [0.15, 0.2) is 0 Å². The monoisotopic (exact) mass is 611 g/mol. The zero-order valence-corrected chi connectivity index (χ0v) is 27.5. The molecule has 2 aromatic carbocycles. The molecule has 36 heavy (non-hydrogen) atoms. The molecule has 2 aliphatic carbocycles. The summed E-state index contributed by atoms with van der Waals surface area (Å²) in [5.41, 5.74) is 12.5. The molecule has 1 aromatic heterocycles. The first kappa shape index (κ1) is 29.4. The molecule has 0 radical (unpaired) electrons. The minimum absolute atomic E-state index is 0. The van der Waals surface area contributed by atoms with Crippen LogP contribution in [-0.2, 0) is 30.1 Å². The van der Waals surface area contributed by atoms with Gasteiger partial charge in [-0.15, -0.1) is 0 Å². The third kappa shape index (κ3) is 4.64. The summed E-state index contributed by atoms with van der Waals surface area (Å²) < 4.78 is 6.42. The van der Waals surface area contributed by atoms with Gasteiger partial charge in [0.05, 0.1) is 8.07 Å². The van der Waals surface area contributed by atoms with E-state index in [-0.39, 0.29) is 30.2 Å². The Kier molecular flexibility index (Phi) is 8.35. The van der Waals surface area contributed by atoms with Gasteiger partial charge in [-0.25, -0.2) is 0 Å². The number of aryl methyl sites for hydroxylation is 1. The summed E-state index contributed by atoms with van der Waals surface area (Å²) in [6.07, 6.45) is 2.38. The minimum Gasteiger partial charge on any atom is -1.00 e. The van der Waals surface area contributed by atoms with Crippen LogP contribution in [0.3, 0.4) is 0 Å². The molecule has 2 atom stereocenters. The van der Waals surface area contributed by atoms with Crippen molar-refractivity contribution in [3.63, 3.8) is 0 Å². The van der Waals surface area contributed by atoms with E-state index in [9.17, 15) is 0 Å². The van der Waals surface area contributed by atoms with Gasteiger partial charge >= 0.3 is 143 Å². The van der Waals surface area contributed by atoms with E-state index in [1.54, 1.807) is 35.5 Å². The molecular formula is C31H35Cl2OSiZr. The Morgan fingerprint density at radius 3 is 2.08 bits per heavy atom. The van der Waals surface area contributed by atoms with Crippen LogP contribution in [0, 0.1) is 6.92 Å². The van der Waals surface area contributed by atoms with Crippen LogP contribution in [0.4, 0.5) is 0 Å². The molecule has 3 heterocycles. The van der Waals surface area contributed by atoms with E-state index in [4.69, 9.17) is 4.42 Å². The fraction of sp³-hybridized carbons (Fsp3) is 0.355. The number of hydrogen-bond acceptors (Lipinski definition) is 1. The molecule has 2 bridgehead atoms. The molecule has 5 heteroatoms. The van der Waals surface area contributed by atoms with Crippen molar-refractivity contribution in [3.8, 4) is 11.1 Å². The molecule has 3 aromatic rings. The summed E-state index contributed by atoms with van der Waals surface area (Å²) in [7, 11) is -1.10. The Morgan fingerprint density at radius 1 is 0.889 bits per heavy atom. The average Bonchev–Trinajstić information content (AvgIpc) is 3.41. The topological polar surface area (TPSA) is 13.1 Å². The molecular weight excluding hydrogens is 579 g/mol. The molecule has 0 spiro atoms. The maximum absolute atomic E-state index is 5.78. The molecule has 0 saturated heterocycles. The molecule has 2 unspecified atom stereocenters. The van der Waals surface area contributed by atoms with Crippen LogP contribution in [0.2, 0.25) is 13.1 Å². The largest absolute Gasteiger partial charge is 1.00 e. The first-order valence-electron chi connectivity index (χ1n) is 12.4. The van der Waals surface area contributed by atoms with Crippen molar-refractivity contribution >= 4 is 19.3 Å². The number of fused-ring (bicyclic) bond motifs is 1. The fourth-order valence-electron chi connectivity index (χ4n) is 6.24. The van der Waals surface area contributed by atoms with Crippen LogP contribution in [0.15, 0.2) is 64.1 Å². The van der Waals surface area contributed by atoms with Crippen LogP contribution in [0.1, 0.15) is 77.6 Å². The van der Waals surface area contributed by atoms with Gasteiger partial charge in [-0.3, -0.25) is 0 Å². The van der Waals surface area contributed by atoms with Crippen molar-refractivity contribution in [3.05, 3.63) is 93.5 Å². The van der Waals surface area contributed by atoms with Crippen LogP contribution in [0.25, 0.3) is 22.4 Å². The van der Waals surface area contributed by atoms with Crippen LogP contribution in [0.5, 0.6) is 0 Å². The molecule has 0 saturated carbocycles. The summed E-state index contributed by atoms with van der Waals surface area (Å²) in [5, 5.41) is 1.67. The predicted octanol–water partition coefficient (Wildman–Crippen LogP) is 2.92. The molecule has 187 valence electrons. The van der Waals surface area contributed by atoms with E-state index >= 15 is 0 Å². The molecule has 0 fully saturated rings. The summed E-state index contributed by atoms with van der Waals surface area (Å²) in [6, 6.07) is 18.1. The smallest absolute Gasteiger partial charge is 1.00 e. The van der Waals surface area contributed by atoms with Gasteiger partial charge in [0, 0.05) is 11.1 Å². The Hall–Kier alpha value is -1.12. The van der Waals surface area contributed by atoms with E-state index in [1.165, 1.54) is 44.7 Å². The van der Waals surface area contributed by atoms with Crippen LogP contribution < -0.4 is 24.8 Å². The molecule has 0 N–H and O–H groups in total. The zero-order chi connectivity index (χ0) is 24.6. The summed E-state index contributed by atoms with van der Waals surface area (Å²) >= 11 is 1.58. The van der Waals surface area contributed by atoms with Crippen LogP contribution in [-0.4, -0.2) is 8.07 Å². The van der Waals surface area contributed by atoms with E-state index in [0.29, 0.717) is 9.17 Å². The quantitative estimate of drug-likeness (QED) is 0.385. The molecule has 4 aliphatic rings. The van der Waals surface area contributed by atoms with E-state index in [1.807, 2.05) is 6.92 Å². The van der Waals surface area contributed by atoms with Gasteiger partial charge in [-0.2, -0.15) is 0 Å². The van der Waals surface area contributed by atoms with Crippen molar-refractivity contribution < 1.29 is 54.0 Å². The third-order valence-electron chi connectivity index (χ3n) is 7.95. The second-order valence-corrected chi connectivity index (χ2v) is 17.7. The van der Waals surface area contributed by atoms with E-state index < -0.39 is 8.07 Å². The number of halogens is 2. The summed E-state index contributed by atoms with van der Waals surface area (Å²) in [6.45, 7) is 18.3. The van der Waals surface area contributed by atoms with Crippen molar-refractivity contribution in [2.24, 2.45) is 0 Å². The van der Waals surface area contributed by atoms with Crippen molar-refractivity contribution in [2.45, 2.75) is 69.2 Å². The average molecular weight is 614 g/mol. The number of benzene rings is 2. The van der Waals surface area contributed by atoms with E-state index in [2.05, 4.69) is 102 Å².